The first-order valence-corrected chi connectivity index (χ1v) is 6.39. The van der Waals surface area contributed by atoms with E-state index in [4.69, 9.17) is 10.8 Å². The van der Waals surface area contributed by atoms with Gasteiger partial charge < -0.3 is 15.7 Å². The fourth-order valence-corrected chi connectivity index (χ4v) is 2.95. The Balaban J connectivity index is 1.95. The van der Waals surface area contributed by atoms with Crippen molar-refractivity contribution >= 4 is 5.97 Å². The highest BCUT2D eigenvalue weighted by Crippen LogP contribution is 2.27. The lowest BCUT2D eigenvalue weighted by atomic mass is 9.97. The van der Waals surface area contributed by atoms with Crippen molar-refractivity contribution in [1.29, 1.82) is 0 Å². The molecule has 5 heteroatoms. The van der Waals surface area contributed by atoms with Gasteiger partial charge in [0, 0.05) is 25.2 Å². The standard InChI is InChI=1S/C12H23N3O2/c1-9-7-10(3-5-14(9)2)15-6-4-12(13,8-15)11(16)17/h9-10H,3-8,13H2,1-2H3,(H,16,17). The third-order valence-electron chi connectivity index (χ3n) is 4.45. The van der Waals surface area contributed by atoms with Gasteiger partial charge in [0.1, 0.15) is 5.54 Å². The summed E-state index contributed by atoms with van der Waals surface area (Å²) < 4.78 is 0. The second kappa shape index (κ2) is 4.55. The molecule has 5 nitrogen and oxygen atoms in total. The van der Waals surface area contributed by atoms with E-state index in [0.717, 1.165) is 25.9 Å². The monoisotopic (exact) mass is 241 g/mol. The normalized spacial score (nSPS) is 40.6. The highest BCUT2D eigenvalue weighted by molar-refractivity contribution is 5.79. The molecule has 0 bridgehead atoms. The van der Waals surface area contributed by atoms with E-state index in [1.54, 1.807) is 0 Å². The Morgan fingerprint density at radius 3 is 2.71 bits per heavy atom. The smallest absolute Gasteiger partial charge is 0.325 e. The molecule has 0 aromatic carbocycles. The number of aliphatic carboxylic acids is 1. The first kappa shape index (κ1) is 12.8. The Hall–Kier alpha value is -0.650. The largest absolute Gasteiger partial charge is 0.480 e. The zero-order chi connectivity index (χ0) is 12.6. The van der Waals surface area contributed by atoms with Crippen LogP contribution in [0.15, 0.2) is 0 Å². The Kier molecular flexibility index (Phi) is 3.43. The summed E-state index contributed by atoms with van der Waals surface area (Å²) in [6.45, 7) is 4.65. The van der Waals surface area contributed by atoms with Gasteiger partial charge in [0.05, 0.1) is 0 Å². The number of nitrogens with zero attached hydrogens (tertiary/aromatic N) is 2. The van der Waals surface area contributed by atoms with Gasteiger partial charge in [-0.3, -0.25) is 9.69 Å². The van der Waals surface area contributed by atoms with Gasteiger partial charge in [-0.1, -0.05) is 0 Å². The summed E-state index contributed by atoms with van der Waals surface area (Å²) in [4.78, 5) is 15.7. The van der Waals surface area contributed by atoms with E-state index < -0.39 is 11.5 Å². The van der Waals surface area contributed by atoms with E-state index in [-0.39, 0.29) is 0 Å². The first-order chi connectivity index (χ1) is 7.92. The highest BCUT2D eigenvalue weighted by atomic mass is 16.4. The number of rotatable bonds is 2. The Morgan fingerprint density at radius 1 is 1.47 bits per heavy atom. The van der Waals surface area contributed by atoms with E-state index >= 15 is 0 Å². The summed E-state index contributed by atoms with van der Waals surface area (Å²) in [7, 11) is 2.15. The van der Waals surface area contributed by atoms with E-state index in [2.05, 4.69) is 23.8 Å². The molecule has 0 amide bonds. The molecular weight excluding hydrogens is 218 g/mol. The number of nitrogens with two attached hydrogens (primary N) is 1. The summed E-state index contributed by atoms with van der Waals surface area (Å²) in [5, 5.41) is 9.12. The van der Waals surface area contributed by atoms with Crippen molar-refractivity contribution in [3.05, 3.63) is 0 Å². The molecule has 0 saturated carbocycles. The molecule has 0 aliphatic carbocycles. The van der Waals surface area contributed by atoms with Gasteiger partial charge in [0.25, 0.3) is 0 Å². The van der Waals surface area contributed by atoms with Crippen LogP contribution < -0.4 is 5.73 Å². The van der Waals surface area contributed by atoms with E-state index in [1.165, 1.54) is 0 Å². The first-order valence-electron chi connectivity index (χ1n) is 6.39. The molecule has 2 aliphatic heterocycles. The number of hydrogen-bond acceptors (Lipinski definition) is 4. The third kappa shape index (κ3) is 2.46. The van der Waals surface area contributed by atoms with Crippen molar-refractivity contribution in [2.45, 2.75) is 43.8 Å². The molecule has 0 aromatic heterocycles. The molecule has 0 aromatic rings. The summed E-state index contributed by atoms with van der Waals surface area (Å²) in [6.07, 6.45) is 2.81. The van der Waals surface area contributed by atoms with Gasteiger partial charge in [-0.25, -0.2) is 0 Å². The molecule has 3 unspecified atom stereocenters. The van der Waals surface area contributed by atoms with Gasteiger partial charge in [-0.05, 0) is 39.8 Å². The molecule has 2 fully saturated rings. The minimum Gasteiger partial charge on any atom is -0.480 e. The molecule has 0 spiro atoms. The molecule has 2 saturated heterocycles. The van der Waals surface area contributed by atoms with Crippen molar-refractivity contribution < 1.29 is 9.90 Å². The van der Waals surface area contributed by atoms with Gasteiger partial charge in [-0.15, -0.1) is 0 Å². The van der Waals surface area contributed by atoms with Crippen molar-refractivity contribution in [2.24, 2.45) is 5.73 Å². The molecular formula is C12H23N3O2. The maximum absolute atomic E-state index is 11.1. The molecule has 2 aliphatic rings. The van der Waals surface area contributed by atoms with E-state index in [1.807, 2.05) is 0 Å². The lowest BCUT2D eigenvalue weighted by molar-refractivity contribution is -0.142. The van der Waals surface area contributed by atoms with Crippen LogP contribution in [0.1, 0.15) is 26.2 Å². The van der Waals surface area contributed by atoms with E-state index in [0.29, 0.717) is 25.0 Å². The van der Waals surface area contributed by atoms with Crippen LogP contribution in [-0.2, 0) is 4.79 Å². The molecule has 17 heavy (non-hydrogen) atoms. The van der Waals surface area contributed by atoms with Crippen LogP contribution in [0.25, 0.3) is 0 Å². The van der Waals surface area contributed by atoms with Gasteiger partial charge >= 0.3 is 5.97 Å². The SMILES string of the molecule is CC1CC(N2CCC(N)(C(=O)O)C2)CCN1C. The summed E-state index contributed by atoms with van der Waals surface area (Å²) in [5.41, 5.74) is 4.89. The van der Waals surface area contributed by atoms with Crippen molar-refractivity contribution in [3.63, 3.8) is 0 Å². The summed E-state index contributed by atoms with van der Waals surface area (Å²) >= 11 is 0. The van der Waals surface area contributed by atoms with Crippen molar-refractivity contribution in [2.75, 3.05) is 26.7 Å². The van der Waals surface area contributed by atoms with Crippen LogP contribution in [0.4, 0.5) is 0 Å². The van der Waals surface area contributed by atoms with Gasteiger partial charge in [-0.2, -0.15) is 0 Å². The number of piperidine rings is 1. The molecule has 3 atom stereocenters. The van der Waals surface area contributed by atoms with Crippen LogP contribution in [-0.4, -0.2) is 65.2 Å². The number of carbonyl (C=O) groups is 1. The van der Waals surface area contributed by atoms with E-state index in [9.17, 15) is 4.79 Å². The lowest BCUT2D eigenvalue weighted by Gasteiger charge is -2.39. The minimum absolute atomic E-state index is 0.503. The zero-order valence-corrected chi connectivity index (χ0v) is 10.7. The zero-order valence-electron chi connectivity index (χ0n) is 10.7. The fraction of sp³-hybridized carbons (Fsp3) is 0.917. The third-order valence-corrected chi connectivity index (χ3v) is 4.45. The number of hydrogen-bond donors (Lipinski definition) is 2. The second-order valence-corrected chi connectivity index (χ2v) is 5.69. The maximum Gasteiger partial charge on any atom is 0.325 e. The topological polar surface area (TPSA) is 69.8 Å². The van der Waals surface area contributed by atoms with Crippen LogP contribution in [0.5, 0.6) is 0 Å². The lowest BCUT2D eigenvalue weighted by Crippen LogP contribution is -2.53. The Labute approximate surface area is 103 Å². The summed E-state index contributed by atoms with van der Waals surface area (Å²) in [5.74, 6) is -0.860. The van der Waals surface area contributed by atoms with Crippen LogP contribution >= 0.6 is 0 Å². The van der Waals surface area contributed by atoms with Crippen molar-refractivity contribution in [1.82, 2.24) is 9.80 Å². The molecule has 2 heterocycles. The molecule has 3 N–H and O–H groups in total. The van der Waals surface area contributed by atoms with Gasteiger partial charge in [0.2, 0.25) is 0 Å². The number of carboxylic acids is 1. The maximum atomic E-state index is 11.1. The average molecular weight is 241 g/mol. The van der Waals surface area contributed by atoms with Crippen LogP contribution in [0, 0.1) is 0 Å². The Bertz CT molecular complexity index is 310. The molecule has 0 radical (unpaired) electrons. The predicted molar refractivity (Wildman–Crippen MR) is 65.9 cm³/mol. The van der Waals surface area contributed by atoms with Crippen molar-refractivity contribution in [3.8, 4) is 0 Å². The average Bonchev–Trinajstić information content (AvgIpc) is 2.67. The summed E-state index contributed by atoms with van der Waals surface area (Å²) in [6, 6.07) is 1.08. The highest BCUT2D eigenvalue weighted by Gasteiger charge is 2.43. The quantitative estimate of drug-likeness (QED) is 0.710. The number of likely N-dealkylation sites (tertiary alicyclic amines) is 2. The van der Waals surface area contributed by atoms with Gasteiger partial charge in [0.15, 0.2) is 0 Å². The Morgan fingerprint density at radius 2 is 2.18 bits per heavy atom. The second-order valence-electron chi connectivity index (χ2n) is 5.69. The fourth-order valence-electron chi connectivity index (χ4n) is 2.95. The molecule has 2 rings (SSSR count). The predicted octanol–water partition coefficient (Wildman–Crippen LogP) is -0.0431. The number of carboxylic acid groups (broad SMARTS) is 1. The van der Waals surface area contributed by atoms with Crippen LogP contribution in [0.2, 0.25) is 0 Å². The van der Waals surface area contributed by atoms with Crippen LogP contribution in [0.3, 0.4) is 0 Å². The minimum atomic E-state index is -1.02. The molecule has 98 valence electrons.